The SMILES string of the molecule is C=CCCCCOC(=O)[C@H]1[C@H]2C(=O)N(CCCCCCO)C(C(=O)N(CC=C)c3cc(C)ccc3C)C23CC[C@]1(C)S3. The third kappa shape index (κ3) is 6.07. The molecule has 230 valence electrons. The summed E-state index contributed by atoms with van der Waals surface area (Å²) in [5.74, 6) is -1.68. The fourth-order valence-corrected chi connectivity index (χ4v) is 9.64. The maximum atomic E-state index is 14.8. The summed E-state index contributed by atoms with van der Waals surface area (Å²) in [6.07, 6.45) is 10.8. The molecule has 7 nitrogen and oxygen atoms in total. The van der Waals surface area contributed by atoms with Gasteiger partial charge >= 0.3 is 5.97 Å². The number of esters is 1. The van der Waals surface area contributed by atoms with Gasteiger partial charge in [-0.1, -0.05) is 37.1 Å². The molecule has 3 saturated heterocycles. The van der Waals surface area contributed by atoms with Gasteiger partial charge in [-0.25, -0.2) is 0 Å². The van der Waals surface area contributed by atoms with Gasteiger partial charge in [0.15, 0.2) is 0 Å². The number of amides is 2. The number of thioether (sulfide) groups is 1. The van der Waals surface area contributed by atoms with Crippen LogP contribution in [0.15, 0.2) is 43.5 Å². The molecule has 0 saturated carbocycles. The first-order valence-electron chi connectivity index (χ1n) is 15.5. The third-order valence-corrected chi connectivity index (χ3v) is 11.3. The normalized spacial score (nSPS) is 27.7. The predicted octanol–water partition coefficient (Wildman–Crippen LogP) is 5.76. The van der Waals surface area contributed by atoms with Crippen molar-refractivity contribution in [2.24, 2.45) is 11.8 Å². The van der Waals surface area contributed by atoms with Gasteiger partial charge in [-0.2, -0.15) is 0 Å². The van der Waals surface area contributed by atoms with Crippen LogP contribution in [0.25, 0.3) is 0 Å². The zero-order valence-electron chi connectivity index (χ0n) is 25.6. The van der Waals surface area contributed by atoms with E-state index in [0.29, 0.717) is 26.1 Å². The lowest BCUT2D eigenvalue weighted by atomic mass is 9.66. The van der Waals surface area contributed by atoms with E-state index >= 15 is 0 Å². The average molecular weight is 597 g/mol. The van der Waals surface area contributed by atoms with Gasteiger partial charge in [-0.15, -0.1) is 24.9 Å². The zero-order chi connectivity index (χ0) is 30.5. The first-order chi connectivity index (χ1) is 20.1. The van der Waals surface area contributed by atoms with Gasteiger partial charge in [0, 0.05) is 30.1 Å². The molecule has 2 bridgehead atoms. The first-order valence-corrected chi connectivity index (χ1v) is 16.4. The highest BCUT2D eigenvalue weighted by atomic mass is 32.2. The zero-order valence-corrected chi connectivity index (χ0v) is 26.4. The molecule has 2 amide bonds. The van der Waals surface area contributed by atoms with E-state index in [1.807, 2.05) is 38.1 Å². The van der Waals surface area contributed by atoms with E-state index in [0.717, 1.165) is 68.2 Å². The number of carbonyl (C=O) groups is 3. The minimum absolute atomic E-state index is 0.0976. The van der Waals surface area contributed by atoms with E-state index < -0.39 is 27.4 Å². The van der Waals surface area contributed by atoms with E-state index in [2.05, 4.69) is 20.1 Å². The minimum Gasteiger partial charge on any atom is -0.465 e. The fourth-order valence-electron chi connectivity index (χ4n) is 7.30. The largest absolute Gasteiger partial charge is 0.465 e. The van der Waals surface area contributed by atoms with Crippen molar-refractivity contribution in [2.45, 2.75) is 94.1 Å². The second-order valence-electron chi connectivity index (χ2n) is 12.4. The van der Waals surface area contributed by atoms with Crippen LogP contribution >= 0.6 is 11.8 Å². The summed E-state index contributed by atoms with van der Waals surface area (Å²) < 4.78 is 4.66. The molecule has 0 aromatic heterocycles. The number of rotatable bonds is 16. The molecule has 1 N–H and O–H groups in total. The van der Waals surface area contributed by atoms with E-state index in [9.17, 15) is 19.5 Å². The van der Waals surface area contributed by atoms with Crippen molar-refractivity contribution in [3.63, 3.8) is 0 Å². The number of anilines is 1. The molecule has 2 unspecified atom stereocenters. The third-order valence-electron chi connectivity index (χ3n) is 9.35. The van der Waals surface area contributed by atoms with Crippen molar-refractivity contribution in [1.29, 1.82) is 0 Å². The van der Waals surface area contributed by atoms with Crippen LogP contribution in [-0.2, 0) is 19.1 Å². The molecule has 42 heavy (non-hydrogen) atoms. The maximum absolute atomic E-state index is 14.8. The predicted molar refractivity (Wildman–Crippen MR) is 169 cm³/mol. The van der Waals surface area contributed by atoms with Crippen LogP contribution in [0.1, 0.15) is 75.8 Å². The quantitative estimate of drug-likeness (QED) is 0.148. The number of likely N-dealkylation sites (tertiary alicyclic amines) is 1. The Labute approximate surface area is 255 Å². The molecule has 3 fully saturated rings. The minimum atomic E-state index is -0.683. The molecule has 0 aliphatic carbocycles. The van der Waals surface area contributed by atoms with E-state index in [1.165, 1.54) is 0 Å². The molecule has 1 spiro atoms. The summed E-state index contributed by atoms with van der Waals surface area (Å²) in [7, 11) is 0. The van der Waals surface area contributed by atoms with Crippen molar-refractivity contribution >= 4 is 35.2 Å². The maximum Gasteiger partial charge on any atom is 0.311 e. The van der Waals surface area contributed by atoms with E-state index in [1.54, 1.807) is 27.6 Å². The summed E-state index contributed by atoms with van der Waals surface area (Å²) in [5, 5.41) is 9.21. The Hall–Kier alpha value is -2.58. The molecule has 3 heterocycles. The Balaban J connectivity index is 1.69. The Bertz CT molecular complexity index is 1190. The lowest BCUT2D eigenvalue weighted by Crippen LogP contribution is -2.55. The number of carbonyl (C=O) groups excluding carboxylic acids is 3. The number of hydrogen-bond donors (Lipinski definition) is 1. The van der Waals surface area contributed by atoms with Gasteiger partial charge in [0.05, 0.1) is 23.2 Å². The molecule has 3 aliphatic rings. The number of benzene rings is 1. The number of aliphatic hydroxyl groups is 1. The van der Waals surface area contributed by atoms with Gasteiger partial charge in [0.1, 0.15) is 6.04 Å². The number of fused-ring (bicyclic) bond motifs is 1. The number of ether oxygens (including phenoxy) is 1. The Morgan fingerprint density at radius 3 is 2.60 bits per heavy atom. The second kappa shape index (κ2) is 13.8. The van der Waals surface area contributed by atoms with Gasteiger partial charge in [-0.3, -0.25) is 14.4 Å². The molecule has 0 radical (unpaired) electrons. The van der Waals surface area contributed by atoms with E-state index in [4.69, 9.17) is 4.74 Å². The van der Waals surface area contributed by atoms with Crippen LogP contribution in [0.3, 0.4) is 0 Å². The monoisotopic (exact) mass is 596 g/mol. The van der Waals surface area contributed by atoms with E-state index in [-0.39, 0.29) is 24.4 Å². The molecule has 1 aromatic carbocycles. The molecule has 5 atom stereocenters. The molecule has 3 aliphatic heterocycles. The second-order valence-corrected chi connectivity index (χ2v) is 14.3. The lowest BCUT2D eigenvalue weighted by molar-refractivity contribution is -0.155. The molecular formula is C34H48N2O5S. The number of allylic oxidation sites excluding steroid dienone is 1. The first kappa shape index (κ1) is 32.3. The fraction of sp³-hybridized carbons (Fsp3) is 0.618. The highest BCUT2D eigenvalue weighted by molar-refractivity contribution is 8.02. The molecule has 8 heteroatoms. The van der Waals surface area contributed by atoms with Crippen LogP contribution in [0.2, 0.25) is 0 Å². The number of unbranched alkanes of at least 4 members (excludes halogenated alkanes) is 5. The molecule has 4 rings (SSSR count). The van der Waals surface area contributed by atoms with Crippen LogP contribution in [0, 0.1) is 25.7 Å². The highest BCUT2D eigenvalue weighted by Gasteiger charge is 2.77. The van der Waals surface area contributed by atoms with Crippen molar-refractivity contribution in [3.8, 4) is 0 Å². The van der Waals surface area contributed by atoms with Crippen molar-refractivity contribution < 1.29 is 24.2 Å². The Morgan fingerprint density at radius 2 is 1.88 bits per heavy atom. The summed E-state index contributed by atoms with van der Waals surface area (Å²) >= 11 is 1.68. The highest BCUT2D eigenvalue weighted by Crippen LogP contribution is 2.71. The van der Waals surface area contributed by atoms with Crippen LogP contribution in [-0.4, -0.2) is 69.6 Å². The van der Waals surface area contributed by atoms with Crippen molar-refractivity contribution in [1.82, 2.24) is 4.90 Å². The standard InChI is InChI=1S/C34H48N2O5S/c1-6-8-9-14-22-41-32(40)28-27-30(38)36(20-12-10-11-13-21-37)29(34(27)18-17-33(28,5)42-34)31(39)35(19-7-2)26-23-24(3)15-16-25(26)4/h6-7,15-16,23,27-29,37H,1-2,8-14,17-22H2,3-5H3/t27-,28+,29?,33-,34?/m0/s1. The van der Waals surface area contributed by atoms with Crippen molar-refractivity contribution in [2.75, 3.05) is 31.2 Å². The number of nitrogens with zero attached hydrogens (tertiary/aromatic N) is 2. The summed E-state index contributed by atoms with van der Waals surface area (Å²) in [6.45, 7) is 15.0. The van der Waals surface area contributed by atoms with Gasteiger partial charge < -0.3 is 19.6 Å². The Morgan fingerprint density at radius 1 is 1.12 bits per heavy atom. The van der Waals surface area contributed by atoms with Gasteiger partial charge in [-0.05, 0) is 82.9 Å². The summed E-state index contributed by atoms with van der Waals surface area (Å²) in [4.78, 5) is 46.4. The number of hydrogen-bond acceptors (Lipinski definition) is 6. The smallest absolute Gasteiger partial charge is 0.311 e. The molecular weight excluding hydrogens is 548 g/mol. The summed E-state index contributed by atoms with van der Waals surface area (Å²) in [5.41, 5.74) is 2.86. The van der Waals surface area contributed by atoms with Gasteiger partial charge in [0.2, 0.25) is 5.91 Å². The average Bonchev–Trinajstić information content (AvgIpc) is 3.53. The Kier molecular flexibility index (Phi) is 10.6. The van der Waals surface area contributed by atoms with Crippen LogP contribution < -0.4 is 4.90 Å². The molecule has 1 aromatic rings. The van der Waals surface area contributed by atoms with Crippen molar-refractivity contribution in [3.05, 3.63) is 54.6 Å². The lowest BCUT2D eigenvalue weighted by Gasteiger charge is -2.37. The van der Waals surface area contributed by atoms with Crippen LogP contribution in [0.4, 0.5) is 5.69 Å². The number of aliphatic hydroxyl groups excluding tert-OH is 1. The summed E-state index contributed by atoms with van der Waals surface area (Å²) in [6, 6.07) is 5.40. The number of aryl methyl sites for hydroxylation is 2. The van der Waals surface area contributed by atoms with Gasteiger partial charge in [0.25, 0.3) is 5.91 Å². The van der Waals surface area contributed by atoms with Crippen LogP contribution in [0.5, 0.6) is 0 Å². The topological polar surface area (TPSA) is 87.1 Å².